The Morgan fingerprint density at radius 2 is 0.714 bits per heavy atom. The summed E-state index contributed by atoms with van der Waals surface area (Å²) in [7, 11) is 2.54. The number of hydrogen-bond donors (Lipinski definition) is 0. The summed E-state index contributed by atoms with van der Waals surface area (Å²) in [6.45, 7) is 14.8. The fourth-order valence-corrected chi connectivity index (χ4v) is 5.68. The van der Waals surface area contributed by atoms with Crippen LogP contribution in [0.3, 0.4) is 0 Å². The first-order chi connectivity index (χ1) is 16.4. The summed E-state index contributed by atoms with van der Waals surface area (Å²) in [5.74, 6) is 0. The van der Waals surface area contributed by atoms with Crippen molar-refractivity contribution in [2.45, 2.75) is 194 Å². The molecule has 0 aromatic carbocycles. The van der Waals surface area contributed by atoms with E-state index in [1.165, 1.54) is 172 Å². The van der Waals surface area contributed by atoms with Crippen molar-refractivity contribution in [3.8, 4) is 0 Å². The van der Waals surface area contributed by atoms with Crippen LogP contribution in [0, 0.1) is 0 Å². The quantitative estimate of drug-likeness (QED) is 0.0758. The third-order valence-corrected chi connectivity index (χ3v) is 9.06. The molecule has 0 fully saturated rings. The van der Waals surface area contributed by atoms with Crippen molar-refractivity contribution >= 4 is 0 Å². The molecule has 0 aliphatic carbocycles. The molecule has 2 heteroatoms. The van der Waals surface area contributed by atoms with Gasteiger partial charge >= 0.3 is 0 Å². The number of quaternary nitrogens is 1. The summed E-state index contributed by atoms with van der Waals surface area (Å²) in [6.07, 6.45) is 34.7. The van der Waals surface area contributed by atoms with Crippen LogP contribution in [0.25, 0.3) is 0 Å². The van der Waals surface area contributed by atoms with Gasteiger partial charge in [0.05, 0.1) is 25.7 Å². The first kappa shape index (κ1) is 37.4. The predicted octanol–water partition coefficient (Wildman–Crippen LogP) is 8.64. The Morgan fingerprint density at radius 3 is 1.03 bits per heavy atom. The van der Waals surface area contributed by atoms with Crippen molar-refractivity contribution in [3.05, 3.63) is 0 Å². The predicted molar refractivity (Wildman–Crippen MR) is 158 cm³/mol. The van der Waals surface area contributed by atoms with E-state index in [2.05, 4.69) is 41.7 Å². The van der Waals surface area contributed by atoms with E-state index in [4.69, 9.17) is 0 Å². The highest BCUT2D eigenvalue weighted by atomic mass is 35.5. The number of unbranched alkanes of at least 4 members (excludes halogenated alkanes) is 21. The van der Waals surface area contributed by atoms with Crippen LogP contribution >= 0.6 is 0 Å². The fraction of sp³-hybridized carbons (Fsp3) is 1.00. The lowest BCUT2D eigenvalue weighted by molar-refractivity contribution is -0.954. The lowest BCUT2D eigenvalue weighted by Gasteiger charge is -2.47. The van der Waals surface area contributed by atoms with Crippen molar-refractivity contribution in [3.63, 3.8) is 0 Å². The van der Waals surface area contributed by atoms with E-state index in [0.29, 0.717) is 5.54 Å². The van der Waals surface area contributed by atoms with Crippen LogP contribution in [0.15, 0.2) is 0 Å². The summed E-state index contributed by atoms with van der Waals surface area (Å²) < 4.78 is 1.27. The summed E-state index contributed by atoms with van der Waals surface area (Å²) in [5.41, 5.74) is 0.422. The summed E-state index contributed by atoms with van der Waals surface area (Å²) >= 11 is 0. The molecule has 214 valence electrons. The molecule has 0 bridgehead atoms. The zero-order valence-electron chi connectivity index (χ0n) is 25.7. The Labute approximate surface area is 231 Å². The minimum absolute atomic E-state index is 0. The summed E-state index contributed by atoms with van der Waals surface area (Å²) in [5, 5.41) is 0. The third kappa shape index (κ3) is 20.9. The summed E-state index contributed by atoms with van der Waals surface area (Å²) in [6, 6.07) is 0. The second kappa shape index (κ2) is 25.9. The van der Waals surface area contributed by atoms with Crippen molar-refractivity contribution in [2.75, 3.05) is 20.1 Å². The van der Waals surface area contributed by atoms with E-state index in [0.717, 1.165) is 0 Å². The third-order valence-electron chi connectivity index (χ3n) is 9.06. The maximum absolute atomic E-state index is 2.55. The highest BCUT2D eigenvalue weighted by Gasteiger charge is 2.37. The molecule has 35 heavy (non-hydrogen) atoms. The molecule has 1 nitrogen and oxygen atoms in total. The maximum Gasteiger partial charge on any atom is 0.0933 e. The molecular weight excluding hydrogens is 446 g/mol. The van der Waals surface area contributed by atoms with Gasteiger partial charge in [0.25, 0.3) is 0 Å². The first-order valence-corrected chi connectivity index (χ1v) is 16.3. The smallest absolute Gasteiger partial charge is 0.0933 e. The molecular formula is C33H70ClN. The van der Waals surface area contributed by atoms with Gasteiger partial charge in [-0.1, -0.05) is 142 Å². The Hall–Kier alpha value is 0.250. The minimum Gasteiger partial charge on any atom is -1.00 e. The Balaban J connectivity index is 0. The fourth-order valence-electron chi connectivity index (χ4n) is 5.68. The molecule has 0 N–H and O–H groups in total. The van der Waals surface area contributed by atoms with Crippen LogP contribution in [0.1, 0.15) is 189 Å². The second-order valence-corrected chi connectivity index (χ2v) is 12.4. The lowest BCUT2D eigenvalue weighted by atomic mass is 9.91. The molecule has 0 aliphatic heterocycles. The Bertz CT molecular complexity index is 408. The highest BCUT2D eigenvalue weighted by Crippen LogP contribution is 2.29. The van der Waals surface area contributed by atoms with E-state index in [1.54, 1.807) is 0 Å². The van der Waals surface area contributed by atoms with Gasteiger partial charge in [-0.3, -0.25) is 0 Å². The van der Waals surface area contributed by atoms with Gasteiger partial charge in [0.1, 0.15) is 0 Å². The van der Waals surface area contributed by atoms with E-state index in [9.17, 15) is 0 Å². The van der Waals surface area contributed by atoms with Gasteiger partial charge in [0, 0.05) is 6.42 Å². The number of hydrogen-bond acceptors (Lipinski definition) is 0. The molecule has 0 aliphatic rings. The first-order valence-electron chi connectivity index (χ1n) is 16.3. The van der Waals surface area contributed by atoms with Gasteiger partial charge < -0.3 is 16.9 Å². The van der Waals surface area contributed by atoms with Gasteiger partial charge in [0.15, 0.2) is 0 Å². The van der Waals surface area contributed by atoms with Gasteiger partial charge in [-0.05, 0) is 40.0 Å². The zero-order valence-corrected chi connectivity index (χ0v) is 26.5. The normalized spacial score (nSPS) is 13.5. The number of halogens is 1. The minimum atomic E-state index is 0. The number of rotatable bonds is 27. The SMILES string of the molecule is CCCCCCCCCCCCCCCC(C)(C)[N+](C)(CC)CCCCCCCCCCCC.[Cl-]. The molecule has 0 radical (unpaired) electrons. The molecule has 0 amide bonds. The zero-order chi connectivity index (χ0) is 25.4. The molecule has 0 spiro atoms. The van der Waals surface area contributed by atoms with Crippen LogP contribution in [0.4, 0.5) is 0 Å². The lowest BCUT2D eigenvalue weighted by Crippen LogP contribution is -3.00. The van der Waals surface area contributed by atoms with E-state index in [1.807, 2.05) is 0 Å². The van der Waals surface area contributed by atoms with E-state index >= 15 is 0 Å². The van der Waals surface area contributed by atoms with Crippen molar-refractivity contribution in [1.82, 2.24) is 0 Å². The van der Waals surface area contributed by atoms with Crippen LogP contribution < -0.4 is 12.4 Å². The maximum atomic E-state index is 2.55. The Kier molecular flexibility index (Phi) is 27.7. The van der Waals surface area contributed by atoms with Gasteiger partial charge in [-0.2, -0.15) is 0 Å². The van der Waals surface area contributed by atoms with Crippen LogP contribution in [-0.4, -0.2) is 30.2 Å². The number of nitrogens with zero attached hydrogens (tertiary/aromatic N) is 1. The standard InChI is InChI=1S/C33H70N.ClH/c1-7-10-12-14-16-18-20-21-22-23-25-27-29-31-33(4,5)34(6,9-3)32-30-28-26-24-19-17-15-13-11-8-2;/h7-32H2,1-6H3;1H/q+1;/p-1. The van der Waals surface area contributed by atoms with Crippen molar-refractivity contribution < 1.29 is 16.9 Å². The topological polar surface area (TPSA) is 0 Å². The molecule has 0 saturated carbocycles. The van der Waals surface area contributed by atoms with Crippen molar-refractivity contribution in [2.24, 2.45) is 0 Å². The Morgan fingerprint density at radius 1 is 0.429 bits per heavy atom. The van der Waals surface area contributed by atoms with Gasteiger partial charge in [-0.15, -0.1) is 0 Å². The summed E-state index contributed by atoms with van der Waals surface area (Å²) in [4.78, 5) is 0. The largest absolute Gasteiger partial charge is 1.00 e. The van der Waals surface area contributed by atoms with Crippen LogP contribution in [0.2, 0.25) is 0 Å². The molecule has 0 rings (SSSR count). The average molecular weight is 516 g/mol. The van der Waals surface area contributed by atoms with Crippen molar-refractivity contribution in [1.29, 1.82) is 0 Å². The van der Waals surface area contributed by atoms with Gasteiger partial charge in [0.2, 0.25) is 0 Å². The molecule has 0 aromatic heterocycles. The van der Waals surface area contributed by atoms with Crippen LogP contribution in [0.5, 0.6) is 0 Å². The van der Waals surface area contributed by atoms with Crippen LogP contribution in [-0.2, 0) is 0 Å². The molecule has 0 saturated heterocycles. The molecule has 0 aromatic rings. The molecule has 1 unspecified atom stereocenters. The second-order valence-electron chi connectivity index (χ2n) is 12.4. The highest BCUT2D eigenvalue weighted by molar-refractivity contribution is 4.70. The molecule has 0 heterocycles. The van der Waals surface area contributed by atoms with Gasteiger partial charge in [-0.25, -0.2) is 0 Å². The monoisotopic (exact) mass is 516 g/mol. The van der Waals surface area contributed by atoms with E-state index < -0.39 is 0 Å². The van der Waals surface area contributed by atoms with E-state index in [-0.39, 0.29) is 12.4 Å². The molecule has 1 atom stereocenters. The average Bonchev–Trinajstić information content (AvgIpc) is 2.82.